The van der Waals surface area contributed by atoms with E-state index in [0.717, 1.165) is 16.8 Å². The number of hydrogen-bond donors (Lipinski definition) is 3. The maximum atomic E-state index is 12.6. The van der Waals surface area contributed by atoms with Crippen molar-refractivity contribution in [1.29, 1.82) is 0 Å². The summed E-state index contributed by atoms with van der Waals surface area (Å²) in [6.45, 7) is 4.67. The van der Waals surface area contributed by atoms with Crippen LogP contribution >= 0.6 is 0 Å². The summed E-state index contributed by atoms with van der Waals surface area (Å²) in [6.07, 6.45) is -0.518. The van der Waals surface area contributed by atoms with Crippen molar-refractivity contribution in [3.8, 4) is 5.75 Å². The molecule has 3 aromatic rings. The van der Waals surface area contributed by atoms with Gasteiger partial charge in [-0.15, -0.1) is 0 Å². The van der Waals surface area contributed by atoms with Gasteiger partial charge in [-0.1, -0.05) is 12.1 Å². The van der Waals surface area contributed by atoms with Crippen LogP contribution in [0.25, 0.3) is 11.0 Å². The molecular formula is C20H24N4O3. The SMILES string of the molecule is CCOc1ccc(NC(=O)Cn2c(NCC(C)O)nc3ccccc32)cc1. The first-order valence-electron chi connectivity index (χ1n) is 8.96. The quantitative estimate of drug-likeness (QED) is 0.569. The summed E-state index contributed by atoms with van der Waals surface area (Å²) in [4.78, 5) is 17.1. The molecule has 7 nitrogen and oxygen atoms in total. The molecule has 0 saturated heterocycles. The van der Waals surface area contributed by atoms with Crippen molar-refractivity contribution in [3.63, 3.8) is 0 Å². The van der Waals surface area contributed by atoms with E-state index in [2.05, 4.69) is 15.6 Å². The van der Waals surface area contributed by atoms with E-state index in [1.54, 1.807) is 6.92 Å². The van der Waals surface area contributed by atoms with Crippen molar-refractivity contribution in [1.82, 2.24) is 9.55 Å². The topological polar surface area (TPSA) is 88.4 Å². The van der Waals surface area contributed by atoms with E-state index in [9.17, 15) is 9.90 Å². The molecule has 27 heavy (non-hydrogen) atoms. The van der Waals surface area contributed by atoms with E-state index >= 15 is 0 Å². The molecule has 0 bridgehead atoms. The molecule has 0 spiro atoms. The molecule has 0 saturated carbocycles. The van der Waals surface area contributed by atoms with Gasteiger partial charge in [-0.3, -0.25) is 4.79 Å². The van der Waals surface area contributed by atoms with Crippen molar-refractivity contribution < 1.29 is 14.6 Å². The smallest absolute Gasteiger partial charge is 0.244 e. The molecule has 0 aliphatic carbocycles. The maximum absolute atomic E-state index is 12.6. The van der Waals surface area contributed by atoms with Gasteiger partial charge < -0.3 is 25.0 Å². The lowest BCUT2D eigenvalue weighted by Gasteiger charge is -2.12. The first kappa shape index (κ1) is 18.7. The van der Waals surface area contributed by atoms with Crippen molar-refractivity contribution >= 4 is 28.6 Å². The number of para-hydroxylation sites is 2. The van der Waals surface area contributed by atoms with Gasteiger partial charge in [0, 0.05) is 12.2 Å². The van der Waals surface area contributed by atoms with Crippen molar-refractivity contribution in [2.24, 2.45) is 0 Å². The summed E-state index contributed by atoms with van der Waals surface area (Å²) in [7, 11) is 0. The Balaban J connectivity index is 1.76. The van der Waals surface area contributed by atoms with Crippen molar-refractivity contribution in [3.05, 3.63) is 48.5 Å². The Morgan fingerprint density at radius 3 is 2.67 bits per heavy atom. The van der Waals surface area contributed by atoms with E-state index in [-0.39, 0.29) is 12.5 Å². The highest BCUT2D eigenvalue weighted by molar-refractivity contribution is 5.92. The van der Waals surface area contributed by atoms with Gasteiger partial charge in [0.15, 0.2) is 0 Å². The van der Waals surface area contributed by atoms with Crippen LogP contribution in [-0.4, -0.2) is 39.8 Å². The van der Waals surface area contributed by atoms with Gasteiger partial charge in [-0.05, 0) is 50.2 Å². The van der Waals surface area contributed by atoms with Gasteiger partial charge in [0.25, 0.3) is 0 Å². The molecule has 3 rings (SSSR count). The number of imidazole rings is 1. The number of aliphatic hydroxyl groups excluding tert-OH is 1. The number of nitrogens with zero attached hydrogens (tertiary/aromatic N) is 2. The summed E-state index contributed by atoms with van der Waals surface area (Å²) in [5.74, 6) is 1.15. The lowest BCUT2D eigenvalue weighted by atomic mass is 10.3. The molecule has 3 N–H and O–H groups in total. The maximum Gasteiger partial charge on any atom is 0.244 e. The fourth-order valence-electron chi connectivity index (χ4n) is 2.75. The monoisotopic (exact) mass is 368 g/mol. The zero-order chi connectivity index (χ0) is 19.2. The van der Waals surface area contributed by atoms with Crippen LogP contribution < -0.4 is 15.4 Å². The van der Waals surface area contributed by atoms with Crippen LogP contribution in [0.15, 0.2) is 48.5 Å². The van der Waals surface area contributed by atoms with Crippen LogP contribution in [0.1, 0.15) is 13.8 Å². The van der Waals surface area contributed by atoms with E-state index in [0.29, 0.717) is 24.8 Å². The second kappa shape index (κ2) is 8.55. The number of anilines is 2. The van der Waals surface area contributed by atoms with E-state index in [4.69, 9.17) is 4.74 Å². The molecule has 0 aliphatic heterocycles. The molecule has 1 atom stereocenters. The third-order valence-corrected chi connectivity index (χ3v) is 3.96. The summed E-state index contributed by atoms with van der Waals surface area (Å²) in [5.41, 5.74) is 2.35. The van der Waals surface area contributed by atoms with E-state index < -0.39 is 6.10 Å². The highest BCUT2D eigenvalue weighted by Gasteiger charge is 2.14. The molecule has 0 radical (unpaired) electrons. The lowest BCUT2D eigenvalue weighted by Crippen LogP contribution is -2.22. The molecule has 0 fully saturated rings. The van der Waals surface area contributed by atoms with Gasteiger partial charge in [0.05, 0.1) is 23.7 Å². The Morgan fingerprint density at radius 1 is 1.22 bits per heavy atom. The molecule has 1 heterocycles. The number of fused-ring (bicyclic) bond motifs is 1. The number of nitrogens with one attached hydrogen (secondary N) is 2. The van der Waals surface area contributed by atoms with Crippen LogP contribution in [0.5, 0.6) is 5.75 Å². The standard InChI is InChI=1S/C20H24N4O3/c1-3-27-16-10-8-15(9-11-16)22-19(26)13-24-18-7-5-4-6-17(18)23-20(24)21-12-14(2)25/h4-11,14,25H,3,12-13H2,1-2H3,(H,21,23)(H,22,26). The fraction of sp³-hybridized carbons (Fsp3) is 0.300. The normalized spacial score (nSPS) is 12.0. The van der Waals surface area contributed by atoms with Gasteiger partial charge in [-0.2, -0.15) is 0 Å². The summed E-state index contributed by atoms with van der Waals surface area (Å²) < 4.78 is 7.21. The molecular weight excluding hydrogens is 344 g/mol. The number of carbonyl (C=O) groups is 1. The van der Waals surface area contributed by atoms with Crippen LogP contribution in [0.4, 0.5) is 11.6 Å². The average molecular weight is 368 g/mol. The number of rotatable bonds is 8. The third kappa shape index (κ3) is 4.77. The van der Waals surface area contributed by atoms with Crippen LogP contribution in [0.3, 0.4) is 0 Å². The predicted octanol–water partition coefficient (Wildman–Crippen LogP) is 2.87. The Labute approximate surface area is 158 Å². The number of carbonyl (C=O) groups excluding carboxylic acids is 1. The number of aromatic nitrogens is 2. The van der Waals surface area contributed by atoms with E-state index in [1.807, 2.05) is 60.0 Å². The highest BCUT2D eigenvalue weighted by Crippen LogP contribution is 2.20. The predicted molar refractivity (Wildman–Crippen MR) is 106 cm³/mol. The largest absolute Gasteiger partial charge is 0.494 e. The summed E-state index contributed by atoms with van der Waals surface area (Å²) in [6, 6.07) is 14.9. The Morgan fingerprint density at radius 2 is 1.96 bits per heavy atom. The van der Waals surface area contributed by atoms with Gasteiger partial charge in [0.1, 0.15) is 12.3 Å². The first-order valence-corrected chi connectivity index (χ1v) is 8.96. The second-order valence-electron chi connectivity index (χ2n) is 6.25. The molecule has 142 valence electrons. The number of benzene rings is 2. The number of hydrogen-bond acceptors (Lipinski definition) is 5. The molecule has 1 amide bonds. The Hall–Kier alpha value is -3.06. The Kier molecular flexibility index (Phi) is 5.93. The molecule has 1 aromatic heterocycles. The average Bonchev–Trinajstić information content (AvgIpc) is 2.99. The summed E-state index contributed by atoms with van der Waals surface area (Å²) in [5, 5.41) is 15.5. The van der Waals surface area contributed by atoms with Crippen molar-refractivity contribution in [2.45, 2.75) is 26.5 Å². The highest BCUT2D eigenvalue weighted by atomic mass is 16.5. The minimum atomic E-state index is -0.518. The lowest BCUT2D eigenvalue weighted by molar-refractivity contribution is -0.116. The third-order valence-electron chi connectivity index (χ3n) is 3.96. The van der Waals surface area contributed by atoms with Crippen molar-refractivity contribution in [2.75, 3.05) is 23.8 Å². The van der Waals surface area contributed by atoms with Gasteiger partial charge >= 0.3 is 0 Å². The minimum absolute atomic E-state index is 0.107. The number of ether oxygens (including phenoxy) is 1. The van der Waals surface area contributed by atoms with Crippen LogP contribution in [0.2, 0.25) is 0 Å². The minimum Gasteiger partial charge on any atom is -0.494 e. The zero-order valence-electron chi connectivity index (χ0n) is 15.5. The summed E-state index contributed by atoms with van der Waals surface area (Å²) >= 11 is 0. The van der Waals surface area contributed by atoms with E-state index in [1.165, 1.54) is 0 Å². The fourth-order valence-corrected chi connectivity index (χ4v) is 2.75. The van der Waals surface area contributed by atoms with Gasteiger partial charge in [0.2, 0.25) is 11.9 Å². The molecule has 0 aliphatic rings. The number of aliphatic hydroxyl groups is 1. The van der Waals surface area contributed by atoms with Crippen LogP contribution in [0, 0.1) is 0 Å². The number of amides is 1. The van der Waals surface area contributed by atoms with Gasteiger partial charge in [-0.25, -0.2) is 4.98 Å². The molecule has 7 heteroatoms. The molecule has 2 aromatic carbocycles. The molecule has 1 unspecified atom stereocenters. The zero-order valence-corrected chi connectivity index (χ0v) is 15.5. The Bertz CT molecular complexity index is 903. The second-order valence-corrected chi connectivity index (χ2v) is 6.25. The van der Waals surface area contributed by atoms with Crippen LogP contribution in [-0.2, 0) is 11.3 Å². The first-order chi connectivity index (χ1) is 13.1.